The van der Waals surface area contributed by atoms with Crippen molar-refractivity contribution in [3.05, 3.63) is 15.8 Å². The molecule has 1 rings (SSSR count). The number of hydrogen-bond acceptors (Lipinski definition) is 4. The second-order valence-electron chi connectivity index (χ2n) is 5.06. The summed E-state index contributed by atoms with van der Waals surface area (Å²) in [5, 5.41) is 9.79. The fourth-order valence-electron chi connectivity index (χ4n) is 1.76. The molecule has 0 unspecified atom stereocenters. The van der Waals surface area contributed by atoms with Gasteiger partial charge >= 0.3 is 6.61 Å². The van der Waals surface area contributed by atoms with Gasteiger partial charge in [-0.3, -0.25) is 4.79 Å². The average molecular weight is 307 g/mol. The number of ether oxygens (including phenoxy) is 1. The minimum Gasteiger partial charge on any atom is -0.433 e. The highest BCUT2D eigenvalue weighted by molar-refractivity contribution is 7.14. The number of nitrogens with zero attached hydrogens (tertiary/aromatic N) is 1. The van der Waals surface area contributed by atoms with Gasteiger partial charge in [0.1, 0.15) is 10.6 Å². The summed E-state index contributed by atoms with van der Waals surface area (Å²) >= 11 is 1.10. The van der Waals surface area contributed by atoms with Gasteiger partial charge in [-0.1, -0.05) is 0 Å². The first-order valence-electron chi connectivity index (χ1n) is 6.21. The van der Waals surface area contributed by atoms with Crippen LogP contribution in [0.1, 0.15) is 35.3 Å². The van der Waals surface area contributed by atoms with Crippen molar-refractivity contribution in [2.24, 2.45) is 0 Å². The van der Waals surface area contributed by atoms with E-state index in [2.05, 4.69) is 4.74 Å². The van der Waals surface area contributed by atoms with Crippen molar-refractivity contribution in [3.63, 3.8) is 0 Å². The van der Waals surface area contributed by atoms with Crippen molar-refractivity contribution in [2.45, 2.75) is 39.9 Å². The molecule has 0 aliphatic heterocycles. The molecule has 1 aromatic rings. The van der Waals surface area contributed by atoms with Gasteiger partial charge in [0.05, 0.1) is 5.60 Å². The van der Waals surface area contributed by atoms with Gasteiger partial charge in [-0.05, 0) is 33.8 Å². The summed E-state index contributed by atoms with van der Waals surface area (Å²) < 4.78 is 29.1. The van der Waals surface area contributed by atoms with Crippen LogP contribution in [0.5, 0.6) is 5.75 Å². The first kappa shape index (κ1) is 16.8. The van der Waals surface area contributed by atoms with Crippen molar-refractivity contribution in [2.75, 3.05) is 13.1 Å². The molecule has 1 amide bonds. The molecule has 0 saturated carbocycles. The topological polar surface area (TPSA) is 49.8 Å². The molecular formula is C13H19F2NO3S. The van der Waals surface area contributed by atoms with Crippen LogP contribution in [-0.4, -0.2) is 41.2 Å². The predicted octanol–water partition coefficient (Wildman–Crippen LogP) is 2.89. The summed E-state index contributed by atoms with van der Waals surface area (Å²) in [5.74, 6) is -0.523. The number of aryl methyl sites for hydroxylation is 1. The third-order valence-corrected chi connectivity index (χ3v) is 3.50. The molecule has 0 fully saturated rings. The van der Waals surface area contributed by atoms with E-state index < -0.39 is 18.1 Å². The molecule has 0 saturated heterocycles. The molecule has 0 aromatic carbocycles. The first-order valence-corrected chi connectivity index (χ1v) is 7.02. The zero-order valence-corrected chi connectivity index (χ0v) is 12.8. The van der Waals surface area contributed by atoms with Gasteiger partial charge in [-0.15, -0.1) is 11.3 Å². The number of carbonyl (C=O) groups excluding carboxylic acids is 1. The van der Waals surface area contributed by atoms with Crippen LogP contribution in [0.3, 0.4) is 0 Å². The van der Waals surface area contributed by atoms with Crippen molar-refractivity contribution < 1.29 is 23.4 Å². The van der Waals surface area contributed by atoms with Crippen molar-refractivity contribution in [1.29, 1.82) is 0 Å². The minimum absolute atomic E-state index is 0.110. The van der Waals surface area contributed by atoms with E-state index in [4.69, 9.17) is 0 Å². The molecule has 0 bridgehead atoms. The molecule has 1 heterocycles. The van der Waals surface area contributed by atoms with E-state index in [1.807, 2.05) is 0 Å². The smallest absolute Gasteiger partial charge is 0.387 e. The van der Waals surface area contributed by atoms with Crippen LogP contribution < -0.4 is 4.74 Å². The van der Waals surface area contributed by atoms with E-state index >= 15 is 0 Å². The average Bonchev–Trinajstić information content (AvgIpc) is 2.64. The number of hydrogen-bond donors (Lipinski definition) is 1. The van der Waals surface area contributed by atoms with Crippen LogP contribution >= 0.6 is 11.3 Å². The molecule has 20 heavy (non-hydrogen) atoms. The SMILES string of the molecule is CCN(CC(C)(C)O)C(=O)c1sc(C)cc1OC(F)F. The number of alkyl halides is 2. The van der Waals surface area contributed by atoms with Gasteiger partial charge in [0.25, 0.3) is 5.91 Å². The lowest BCUT2D eigenvalue weighted by molar-refractivity contribution is -0.0500. The Kier molecular flexibility index (Phi) is 5.47. The number of amides is 1. The molecule has 1 aromatic heterocycles. The van der Waals surface area contributed by atoms with Gasteiger partial charge in [0, 0.05) is 18.0 Å². The van der Waals surface area contributed by atoms with E-state index in [0.717, 1.165) is 11.3 Å². The Bertz CT molecular complexity index is 469. The standard InChI is InChI=1S/C13H19F2NO3S/c1-5-16(7-13(3,4)18)11(17)10-9(19-12(14)15)6-8(2)20-10/h6,12,18H,5,7H2,1-4H3. The van der Waals surface area contributed by atoms with Crippen LogP contribution in [0.4, 0.5) is 8.78 Å². The third kappa shape index (κ3) is 4.72. The number of halogens is 2. The summed E-state index contributed by atoms with van der Waals surface area (Å²) in [4.78, 5) is 14.6. The molecule has 1 N–H and O–H groups in total. The highest BCUT2D eigenvalue weighted by Gasteiger charge is 2.26. The lowest BCUT2D eigenvalue weighted by Gasteiger charge is -2.28. The van der Waals surface area contributed by atoms with Gasteiger partial charge < -0.3 is 14.7 Å². The van der Waals surface area contributed by atoms with Crippen molar-refractivity contribution >= 4 is 17.2 Å². The van der Waals surface area contributed by atoms with Gasteiger partial charge in [-0.25, -0.2) is 0 Å². The molecule has 4 nitrogen and oxygen atoms in total. The Labute approximate surface area is 121 Å². The van der Waals surface area contributed by atoms with Gasteiger partial charge in [-0.2, -0.15) is 8.78 Å². The Morgan fingerprint density at radius 1 is 1.55 bits per heavy atom. The van der Waals surface area contributed by atoms with Crippen LogP contribution in [0.25, 0.3) is 0 Å². The normalized spacial score (nSPS) is 11.8. The van der Waals surface area contributed by atoms with E-state index in [9.17, 15) is 18.7 Å². The number of likely N-dealkylation sites (N-methyl/N-ethyl adjacent to an activating group) is 1. The lowest BCUT2D eigenvalue weighted by atomic mass is 10.1. The monoisotopic (exact) mass is 307 g/mol. The van der Waals surface area contributed by atoms with Gasteiger partial charge in [0.15, 0.2) is 0 Å². The van der Waals surface area contributed by atoms with E-state index in [1.54, 1.807) is 27.7 Å². The largest absolute Gasteiger partial charge is 0.433 e. The molecule has 0 atom stereocenters. The van der Waals surface area contributed by atoms with Crippen LogP contribution in [0.2, 0.25) is 0 Å². The maximum Gasteiger partial charge on any atom is 0.387 e. The molecule has 0 aliphatic carbocycles. The highest BCUT2D eigenvalue weighted by Crippen LogP contribution is 2.31. The maximum atomic E-state index is 12.4. The Hall–Kier alpha value is -1.21. The maximum absolute atomic E-state index is 12.4. The summed E-state index contributed by atoms with van der Waals surface area (Å²) in [6, 6.07) is 1.42. The zero-order valence-electron chi connectivity index (χ0n) is 11.9. The quantitative estimate of drug-likeness (QED) is 0.879. The predicted molar refractivity (Wildman–Crippen MR) is 73.6 cm³/mol. The zero-order chi connectivity index (χ0) is 15.5. The number of aliphatic hydroxyl groups is 1. The van der Waals surface area contributed by atoms with Gasteiger partial charge in [0.2, 0.25) is 0 Å². The Morgan fingerprint density at radius 3 is 2.60 bits per heavy atom. The Balaban J connectivity index is 3.00. The molecule has 7 heteroatoms. The molecule has 0 spiro atoms. The second-order valence-corrected chi connectivity index (χ2v) is 6.32. The molecule has 0 aliphatic rings. The van der Waals surface area contributed by atoms with E-state index in [1.165, 1.54) is 11.0 Å². The lowest BCUT2D eigenvalue weighted by Crippen LogP contribution is -2.42. The molecule has 0 radical (unpaired) electrons. The van der Waals surface area contributed by atoms with Crippen molar-refractivity contribution in [1.82, 2.24) is 4.90 Å². The summed E-state index contributed by atoms with van der Waals surface area (Å²) in [6.07, 6.45) is 0. The first-order chi connectivity index (χ1) is 9.14. The van der Waals surface area contributed by atoms with Crippen LogP contribution in [-0.2, 0) is 0 Å². The molecule has 114 valence electrons. The summed E-state index contributed by atoms with van der Waals surface area (Å²) in [5.41, 5.74) is -1.05. The number of carbonyl (C=O) groups is 1. The number of thiophene rings is 1. The second kappa shape index (κ2) is 6.49. The molecular weight excluding hydrogens is 288 g/mol. The minimum atomic E-state index is -2.97. The van der Waals surface area contributed by atoms with Crippen molar-refractivity contribution in [3.8, 4) is 5.75 Å². The Morgan fingerprint density at radius 2 is 2.15 bits per heavy atom. The highest BCUT2D eigenvalue weighted by atomic mass is 32.1. The van der Waals surface area contributed by atoms with E-state index in [-0.39, 0.29) is 17.2 Å². The third-order valence-electron chi connectivity index (χ3n) is 2.48. The summed E-state index contributed by atoms with van der Waals surface area (Å²) in [6.45, 7) is 4.16. The number of rotatable bonds is 6. The fraction of sp³-hybridized carbons (Fsp3) is 0.615. The fourth-order valence-corrected chi connectivity index (χ4v) is 2.67. The van der Waals surface area contributed by atoms with E-state index in [0.29, 0.717) is 11.4 Å². The summed E-state index contributed by atoms with van der Waals surface area (Å²) in [7, 11) is 0. The van der Waals surface area contributed by atoms with Crippen LogP contribution in [0.15, 0.2) is 6.07 Å². The van der Waals surface area contributed by atoms with Crippen LogP contribution in [0, 0.1) is 6.92 Å².